The maximum absolute atomic E-state index is 12.5. The van der Waals surface area contributed by atoms with E-state index >= 15 is 0 Å². The highest BCUT2D eigenvalue weighted by molar-refractivity contribution is 8.00. The van der Waals surface area contributed by atoms with Crippen LogP contribution in [0.1, 0.15) is 12.8 Å². The average Bonchev–Trinajstić information content (AvgIpc) is 2.96. The summed E-state index contributed by atoms with van der Waals surface area (Å²) in [5, 5.41) is 14.2. The molecule has 0 saturated carbocycles. The Balaban J connectivity index is 1.64. The van der Waals surface area contributed by atoms with Gasteiger partial charge in [0.25, 0.3) is 5.69 Å². The first kappa shape index (κ1) is 15.0. The molecular weight excluding hydrogens is 310 g/mol. The van der Waals surface area contributed by atoms with Crippen molar-refractivity contribution in [3.8, 4) is 0 Å². The van der Waals surface area contributed by atoms with E-state index in [1.807, 2.05) is 16.1 Å². The Morgan fingerprint density at radius 2 is 1.95 bits per heavy atom. The molecule has 0 aliphatic carbocycles. The lowest BCUT2D eigenvalue weighted by molar-refractivity contribution is -0.384. The fourth-order valence-corrected chi connectivity index (χ4v) is 5.20. The Labute approximate surface area is 130 Å². The summed E-state index contributed by atoms with van der Waals surface area (Å²) in [7, 11) is -1.23. The molecule has 2 heterocycles. The van der Waals surface area contributed by atoms with Crippen molar-refractivity contribution in [2.45, 2.75) is 22.6 Å². The van der Waals surface area contributed by atoms with E-state index in [1.165, 1.54) is 12.1 Å². The van der Waals surface area contributed by atoms with Crippen LogP contribution in [0.25, 0.3) is 0 Å². The van der Waals surface area contributed by atoms with Gasteiger partial charge in [0.1, 0.15) is 11.0 Å². The van der Waals surface area contributed by atoms with E-state index in [2.05, 4.69) is 5.32 Å². The molecule has 2 aliphatic heterocycles. The van der Waals surface area contributed by atoms with E-state index in [0.717, 1.165) is 38.2 Å². The minimum absolute atomic E-state index is 0.0277. The molecule has 2 aliphatic rings. The van der Waals surface area contributed by atoms with Crippen LogP contribution in [0, 0.1) is 10.1 Å². The maximum atomic E-state index is 12.5. The summed E-state index contributed by atoms with van der Waals surface area (Å²) < 4.78 is 14.5. The van der Waals surface area contributed by atoms with Crippen LogP contribution in [-0.2, 0) is 11.0 Å². The summed E-state index contributed by atoms with van der Waals surface area (Å²) in [6.45, 7) is 2.61. The lowest BCUT2D eigenvalue weighted by atomic mass is 10.1. The van der Waals surface area contributed by atoms with Crippen LogP contribution >= 0.6 is 11.8 Å². The van der Waals surface area contributed by atoms with Gasteiger partial charge in [-0.05, 0) is 25.0 Å². The van der Waals surface area contributed by atoms with E-state index in [4.69, 9.17) is 0 Å². The van der Waals surface area contributed by atoms with Gasteiger partial charge in [-0.1, -0.05) is 0 Å². The zero-order valence-electron chi connectivity index (χ0n) is 11.5. The van der Waals surface area contributed by atoms with Crippen molar-refractivity contribution in [1.29, 1.82) is 0 Å². The molecule has 0 bridgehead atoms. The number of piperidine rings is 1. The molecule has 21 heavy (non-hydrogen) atoms. The molecule has 1 N–H and O–H groups in total. The molecule has 6 nitrogen and oxygen atoms in total. The average molecular weight is 327 g/mol. The van der Waals surface area contributed by atoms with E-state index in [1.54, 1.807) is 12.1 Å². The first-order valence-electron chi connectivity index (χ1n) is 6.90. The number of benzene rings is 1. The zero-order valence-corrected chi connectivity index (χ0v) is 13.1. The van der Waals surface area contributed by atoms with Gasteiger partial charge in [-0.15, -0.1) is 11.8 Å². The van der Waals surface area contributed by atoms with Crippen molar-refractivity contribution in [3.05, 3.63) is 34.4 Å². The molecule has 2 fully saturated rings. The van der Waals surface area contributed by atoms with Gasteiger partial charge in [0.2, 0.25) is 0 Å². The first-order valence-corrected chi connectivity index (χ1v) is 8.99. The number of nitro groups is 1. The molecule has 0 radical (unpaired) electrons. The fraction of sp³-hybridized carbons (Fsp3) is 0.538. The van der Waals surface area contributed by atoms with Gasteiger partial charge in [0, 0.05) is 37.5 Å². The molecule has 114 valence electrons. The van der Waals surface area contributed by atoms with E-state index in [9.17, 15) is 14.3 Å². The number of thioether (sulfide) groups is 1. The molecular formula is C13H17N3O3S2. The third kappa shape index (κ3) is 3.13. The van der Waals surface area contributed by atoms with Gasteiger partial charge in [-0.25, -0.2) is 8.51 Å². The number of nitrogens with zero attached hydrogens (tertiary/aromatic N) is 2. The van der Waals surface area contributed by atoms with Gasteiger partial charge >= 0.3 is 0 Å². The Kier molecular flexibility index (Phi) is 4.30. The maximum Gasteiger partial charge on any atom is 0.269 e. The lowest BCUT2D eigenvalue weighted by Crippen LogP contribution is -2.48. The van der Waals surface area contributed by atoms with E-state index in [-0.39, 0.29) is 10.6 Å². The van der Waals surface area contributed by atoms with Crippen molar-refractivity contribution in [3.63, 3.8) is 0 Å². The van der Waals surface area contributed by atoms with Crippen LogP contribution in [0.15, 0.2) is 29.2 Å². The molecule has 1 spiro atoms. The van der Waals surface area contributed by atoms with Crippen molar-refractivity contribution in [1.82, 2.24) is 9.62 Å². The van der Waals surface area contributed by atoms with Crippen LogP contribution in [-0.4, -0.2) is 43.7 Å². The highest BCUT2D eigenvalue weighted by Crippen LogP contribution is 2.37. The summed E-state index contributed by atoms with van der Waals surface area (Å²) in [6.07, 6.45) is 1.97. The lowest BCUT2D eigenvalue weighted by Gasteiger charge is -2.37. The number of nitrogens with one attached hydrogen (secondary N) is 1. The third-order valence-electron chi connectivity index (χ3n) is 3.94. The third-order valence-corrected chi connectivity index (χ3v) is 6.96. The summed E-state index contributed by atoms with van der Waals surface area (Å²) >= 11 is 1.97. The molecule has 2 saturated heterocycles. The summed E-state index contributed by atoms with van der Waals surface area (Å²) in [5.41, 5.74) is 0.0277. The molecule has 1 atom stereocenters. The predicted molar refractivity (Wildman–Crippen MR) is 83.5 cm³/mol. The molecule has 1 unspecified atom stereocenters. The first-order chi connectivity index (χ1) is 10.1. The normalized spacial score (nSPS) is 23.2. The van der Waals surface area contributed by atoms with E-state index < -0.39 is 15.9 Å². The topological polar surface area (TPSA) is 75.5 Å². The highest BCUT2D eigenvalue weighted by atomic mass is 32.2. The second kappa shape index (κ2) is 6.04. The molecule has 8 heteroatoms. The number of rotatable bonds is 3. The number of non-ortho nitro benzene ring substituents is 1. The highest BCUT2D eigenvalue weighted by Gasteiger charge is 2.38. The van der Waals surface area contributed by atoms with Crippen LogP contribution in [0.5, 0.6) is 0 Å². The molecule has 1 aromatic rings. The van der Waals surface area contributed by atoms with Crippen LogP contribution in [0.3, 0.4) is 0 Å². The Morgan fingerprint density at radius 3 is 2.48 bits per heavy atom. The van der Waals surface area contributed by atoms with Crippen molar-refractivity contribution >= 4 is 28.4 Å². The minimum Gasteiger partial charge on any atom is -0.302 e. The predicted octanol–water partition coefficient (Wildman–Crippen LogP) is 1.75. The molecule has 3 rings (SSSR count). The standard InChI is InChI=1S/C13H17N3O3S2/c17-16(18)11-1-3-12(4-2-11)21(19)15-8-5-13(6-9-15)14-7-10-20-13/h1-4,14H,5-10H2. The Bertz CT molecular complexity index is 548. The second-order valence-corrected chi connectivity index (χ2v) is 8.16. The smallest absolute Gasteiger partial charge is 0.269 e. The zero-order chi connectivity index (χ0) is 14.9. The summed E-state index contributed by atoms with van der Waals surface area (Å²) in [5.74, 6) is 1.14. The number of hydrogen-bond donors (Lipinski definition) is 1. The van der Waals surface area contributed by atoms with E-state index in [0.29, 0.717) is 4.90 Å². The van der Waals surface area contributed by atoms with Gasteiger partial charge < -0.3 is 5.32 Å². The van der Waals surface area contributed by atoms with Crippen LogP contribution < -0.4 is 5.32 Å². The van der Waals surface area contributed by atoms with Crippen LogP contribution in [0.2, 0.25) is 0 Å². The SMILES string of the molecule is O=[N+]([O-])c1ccc(S(=O)N2CCC3(CC2)NCCS3)cc1. The van der Waals surface area contributed by atoms with Gasteiger partial charge in [0.15, 0.2) is 0 Å². The molecule has 1 aromatic carbocycles. The number of hydrogen-bond acceptors (Lipinski definition) is 5. The number of nitro benzene ring substituents is 1. The van der Waals surface area contributed by atoms with Crippen LogP contribution in [0.4, 0.5) is 5.69 Å². The second-order valence-electron chi connectivity index (χ2n) is 5.20. The Morgan fingerprint density at radius 1 is 1.29 bits per heavy atom. The summed E-state index contributed by atoms with van der Waals surface area (Å²) in [4.78, 5) is 11.0. The Hall–Kier alpha value is -0.960. The largest absolute Gasteiger partial charge is 0.302 e. The van der Waals surface area contributed by atoms with Crippen molar-refractivity contribution < 1.29 is 9.13 Å². The van der Waals surface area contributed by atoms with Gasteiger partial charge in [-0.2, -0.15) is 0 Å². The minimum atomic E-state index is -1.23. The fourth-order valence-electron chi connectivity index (χ4n) is 2.74. The van der Waals surface area contributed by atoms with Crippen molar-refractivity contribution in [2.24, 2.45) is 0 Å². The molecule has 0 amide bonds. The van der Waals surface area contributed by atoms with Crippen molar-refractivity contribution in [2.75, 3.05) is 25.4 Å². The molecule has 0 aromatic heterocycles. The monoisotopic (exact) mass is 327 g/mol. The van der Waals surface area contributed by atoms with Gasteiger partial charge in [0.05, 0.1) is 14.7 Å². The van der Waals surface area contributed by atoms with Gasteiger partial charge in [-0.3, -0.25) is 10.1 Å². The summed E-state index contributed by atoms with van der Waals surface area (Å²) in [6, 6.07) is 5.99. The quantitative estimate of drug-likeness (QED) is 0.676.